The van der Waals surface area contributed by atoms with Crippen molar-refractivity contribution >= 4 is 0 Å². The predicted octanol–water partition coefficient (Wildman–Crippen LogP) is 2.99. The molecule has 0 aromatic carbocycles. The number of aliphatic hydroxyl groups excluding tert-OH is 1. The summed E-state index contributed by atoms with van der Waals surface area (Å²) in [6.07, 6.45) is 7.51. The number of hydrogen-bond donors (Lipinski definition) is 1. The summed E-state index contributed by atoms with van der Waals surface area (Å²) in [5.41, 5.74) is 0. The van der Waals surface area contributed by atoms with E-state index in [0.29, 0.717) is 18.6 Å². The number of aliphatic hydroxyl groups is 1. The fourth-order valence-corrected chi connectivity index (χ4v) is 2.22. The highest BCUT2D eigenvalue weighted by Gasteiger charge is 2.20. The molecule has 0 amide bonds. The normalized spacial score (nSPS) is 27.2. The largest absolute Gasteiger partial charge is 0.396 e. The zero-order valence-electron chi connectivity index (χ0n) is 10.2. The standard InChI is InChI=1S/C13H26O2/c1-11(2)4-3-9-15-13-7-5-12(10-14)6-8-13/h11-14H,3-10H2,1-2H3. The third-order valence-corrected chi connectivity index (χ3v) is 3.33. The van der Waals surface area contributed by atoms with Gasteiger partial charge in [0, 0.05) is 13.2 Å². The molecule has 0 heterocycles. The molecule has 0 unspecified atom stereocenters. The summed E-state index contributed by atoms with van der Waals surface area (Å²) < 4.78 is 5.84. The van der Waals surface area contributed by atoms with Crippen molar-refractivity contribution in [1.82, 2.24) is 0 Å². The Hall–Kier alpha value is -0.0800. The van der Waals surface area contributed by atoms with Gasteiger partial charge in [0.25, 0.3) is 0 Å². The van der Waals surface area contributed by atoms with Crippen LogP contribution in [0.25, 0.3) is 0 Å². The number of ether oxygens (including phenoxy) is 1. The molecule has 0 atom stereocenters. The van der Waals surface area contributed by atoms with Gasteiger partial charge in [0.05, 0.1) is 6.10 Å². The minimum atomic E-state index is 0.361. The van der Waals surface area contributed by atoms with E-state index < -0.39 is 0 Å². The molecule has 0 spiro atoms. The van der Waals surface area contributed by atoms with E-state index in [2.05, 4.69) is 13.8 Å². The molecule has 0 aromatic heterocycles. The van der Waals surface area contributed by atoms with Crippen LogP contribution in [0.4, 0.5) is 0 Å². The molecule has 0 aromatic rings. The van der Waals surface area contributed by atoms with Crippen molar-refractivity contribution in [2.75, 3.05) is 13.2 Å². The third-order valence-electron chi connectivity index (χ3n) is 3.33. The van der Waals surface area contributed by atoms with Crippen LogP contribution in [-0.4, -0.2) is 24.4 Å². The second-order valence-corrected chi connectivity index (χ2v) is 5.23. The average molecular weight is 214 g/mol. The highest BCUT2D eigenvalue weighted by atomic mass is 16.5. The van der Waals surface area contributed by atoms with E-state index in [0.717, 1.165) is 38.2 Å². The van der Waals surface area contributed by atoms with E-state index >= 15 is 0 Å². The lowest BCUT2D eigenvalue weighted by molar-refractivity contribution is 0.00892. The van der Waals surface area contributed by atoms with Crippen molar-refractivity contribution in [3.63, 3.8) is 0 Å². The van der Waals surface area contributed by atoms with Crippen LogP contribution in [0.5, 0.6) is 0 Å². The lowest BCUT2D eigenvalue weighted by atomic mass is 9.88. The molecule has 1 aliphatic rings. The summed E-state index contributed by atoms with van der Waals surface area (Å²) in [5.74, 6) is 1.33. The molecular formula is C13H26O2. The van der Waals surface area contributed by atoms with Gasteiger partial charge >= 0.3 is 0 Å². The first-order valence-corrected chi connectivity index (χ1v) is 6.44. The Bertz CT molecular complexity index is 149. The van der Waals surface area contributed by atoms with Crippen molar-refractivity contribution in [2.45, 2.75) is 58.5 Å². The minimum absolute atomic E-state index is 0.361. The molecule has 0 saturated heterocycles. The van der Waals surface area contributed by atoms with Gasteiger partial charge in [-0.25, -0.2) is 0 Å². The van der Waals surface area contributed by atoms with Crippen molar-refractivity contribution in [3.8, 4) is 0 Å². The maximum atomic E-state index is 9.01. The lowest BCUT2D eigenvalue weighted by Crippen LogP contribution is -2.23. The minimum Gasteiger partial charge on any atom is -0.396 e. The van der Waals surface area contributed by atoms with Crippen molar-refractivity contribution in [3.05, 3.63) is 0 Å². The maximum absolute atomic E-state index is 9.01. The van der Waals surface area contributed by atoms with Crippen LogP contribution in [0.2, 0.25) is 0 Å². The van der Waals surface area contributed by atoms with Gasteiger partial charge in [-0.1, -0.05) is 13.8 Å². The number of hydrogen-bond acceptors (Lipinski definition) is 2. The van der Waals surface area contributed by atoms with E-state index in [1.807, 2.05) is 0 Å². The van der Waals surface area contributed by atoms with Crippen LogP contribution in [0, 0.1) is 11.8 Å². The van der Waals surface area contributed by atoms with Gasteiger partial charge in [0.1, 0.15) is 0 Å². The Morgan fingerprint density at radius 1 is 1.20 bits per heavy atom. The van der Waals surface area contributed by atoms with Crippen molar-refractivity contribution < 1.29 is 9.84 Å². The maximum Gasteiger partial charge on any atom is 0.0575 e. The fourth-order valence-electron chi connectivity index (χ4n) is 2.22. The summed E-state index contributed by atoms with van der Waals surface area (Å²) >= 11 is 0. The summed E-state index contributed by atoms with van der Waals surface area (Å²) in [5, 5.41) is 9.01. The Morgan fingerprint density at radius 2 is 1.87 bits per heavy atom. The molecule has 0 aliphatic heterocycles. The lowest BCUT2D eigenvalue weighted by Gasteiger charge is -2.27. The molecular weight excluding hydrogens is 188 g/mol. The van der Waals surface area contributed by atoms with Crippen molar-refractivity contribution in [1.29, 1.82) is 0 Å². The van der Waals surface area contributed by atoms with Crippen LogP contribution in [0.15, 0.2) is 0 Å². The number of rotatable bonds is 6. The van der Waals surface area contributed by atoms with E-state index in [-0.39, 0.29) is 0 Å². The fraction of sp³-hybridized carbons (Fsp3) is 1.00. The molecule has 0 bridgehead atoms. The van der Waals surface area contributed by atoms with Crippen molar-refractivity contribution in [2.24, 2.45) is 11.8 Å². The van der Waals surface area contributed by atoms with Crippen LogP contribution in [-0.2, 0) is 4.74 Å². The van der Waals surface area contributed by atoms with Gasteiger partial charge in [-0.2, -0.15) is 0 Å². The summed E-state index contributed by atoms with van der Waals surface area (Å²) in [6, 6.07) is 0. The molecule has 90 valence electrons. The molecule has 1 N–H and O–H groups in total. The predicted molar refractivity (Wildman–Crippen MR) is 62.9 cm³/mol. The van der Waals surface area contributed by atoms with Gasteiger partial charge < -0.3 is 9.84 Å². The summed E-state index contributed by atoms with van der Waals surface area (Å²) in [7, 11) is 0. The molecule has 1 fully saturated rings. The average Bonchev–Trinajstić information content (AvgIpc) is 2.25. The Labute approximate surface area is 94.0 Å². The molecule has 1 rings (SSSR count). The van der Waals surface area contributed by atoms with Gasteiger partial charge in [-0.15, -0.1) is 0 Å². The highest BCUT2D eigenvalue weighted by molar-refractivity contribution is 4.72. The van der Waals surface area contributed by atoms with Gasteiger partial charge in [-0.05, 0) is 50.4 Å². The zero-order chi connectivity index (χ0) is 11.1. The Kier molecular flexibility index (Phi) is 6.26. The molecule has 15 heavy (non-hydrogen) atoms. The molecule has 2 nitrogen and oxygen atoms in total. The Morgan fingerprint density at radius 3 is 2.40 bits per heavy atom. The van der Waals surface area contributed by atoms with Gasteiger partial charge in [0.15, 0.2) is 0 Å². The molecule has 1 saturated carbocycles. The first kappa shape index (κ1) is 13.0. The monoisotopic (exact) mass is 214 g/mol. The van der Waals surface area contributed by atoms with E-state index in [1.54, 1.807) is 0 Å². The van der Waals surface area contributed by atoms with E-state index in [9.17, 15) is 0 Å². The summed E-state index contributed by atoms with van der Waals surface area (Å²) in [6.45, 7) is 5.80. The van der Waals surface area contributed by atoms with Crippen LogP contribution < -0.4 is 0 Å². The molecule has 2 heteroatoms. The topological polar surface area (TPSA) is 29.5 Å². The van der Waals surface area contributed by atoms with Crippen LogP contribution in [0.3, 0.4) is 0 Å². The summed E-state index contributed by atoms with van der Waals surface area (Å²) in [4.78, 5) is 0. The van der Waals surface area contributed by atoms with Crippen LogP contribution >= 0.6 is 0 Å². The first-order chi connectivity index (χ1) is 7.22. The van der Waals surface area contributed by atoms with Crippen LogP contribution in [0.1, 0.15) is 52.4 Å². The van der Waals surface area contributed by atoms with Gasteiger partial charge in [0.2, 0.25) is 0 Å². The van der Waals surface area contributed by atoms with Gasteiger partial charge in [-0.3, -0.25) is 0 Å². The smallest absolute Gasteiger partial charge is 0.0575 e. The highest BCUT2D eigenvalue weighted by Crippen LogP contribution is 2.25. The van der Waals surface area contributed by atoms with E-state index in [1.165, 1.54) is 12.8 Å². The second kappa shape index (κ2) is 7.24. The first-order valence-electron chi connectivity index (χ1n) is 6.44. The third kappa shape index (κ3) is 5.53. The molecule has 0 radical (unpaired) electrons. The molecule has 1 aliphatic carbocycles. The van der Waals surface area contributed by atoms with E-state index in [4.69, 9.17) is 9.84 Å². The SMILES string of the molecule is CC(C)CCCOC1CCC(CO)CC1. The zero-order valence-corrected chi connectivity index (χ0v) is 10.2. The second-order valence-electron chi connectivity index (χ2n) is 5.23. The Balaban J connectivity index is 1.99. The quantitative estimate of drug-likeness (QED) is 0.689.